The molecule has 0 heterocycles. The molecular weight excluding hydrogens is 240 g/mol. The van der Waals surface area contributed by atoms with E-state index in [-0.39, 0.29) is 5.78 Å². The molecular formula is C16H14OS. The number of hydrogen-bond donors (Lipinski definition) is 1. The van der Waals surface area contributed by atoms with Crippen molar-refractivity contribution in [2.45, 2.75) is 11.8 Å². The number of thiol groups is 1. The minimum Gasteiger partial charge on any atom is -0.295 e. The molecule has 0 amide bonds. The monoisotopic (exact) mass is 254 g/mol. The molecule has 0 aromatic heterocycles. The summed E-state index contributed by atoms with van der Waals surface area (Å²) in [6.45, 7) is 1.55. The highest BCUT2D eigenvalue weighted by atomic mass is 32.1. The average Bonchev–Trinajstić information content (AvgIpc) is 2.38. The van der Waals surface area contributed by atoms with Gasteiger partial charge < -0.3 is 0 Å². The van der Waals surface area contributed by atoms with Gasteiger partial charge in [0.2, 0.25) is 0 Å². The first kappa shape index (κ1) is 12.7. The van der Waals surface area contributed by atoms with E-state index in [1.165, 1.54) is 0 Å². The number of hydrogen-bond acceptors (Lipinski definition) is 2. The molecule has 0 saturated carbocycles. The molecule has 2 aromatic carbocycles. The van der Waals surface area contributed by atoms with Crippen LogP contribution in [0, 0.1) is 0 Å². The van der Waals surface area contributed by atoms with Gasteiger partial charge in [0.15, 0.2) is 5.78 Å². The molecule has 0 radical (unpaired) electrons. The molecule has 0 atom stereocenters. The van der Waals surface area contributed by atoms with Crippen LogP contribution in [0.25, 0.3) is 17.2 Å². The Morgan fingerprint density at radius 2 is 1.44 bits per heavy atom. The maximum Gasteiger partial charge on any atom is 0.152 e. The minimum absolute atomic E-state index is 0.0587. The molecule has 0 aliphatic heterocycles. The summed E-state index contributed by atoms with van der Waals surface area (Å²) in [7, 11) is 0. The SMILES string of the molecule is CC(=O)/C=C/c1ccc(-c2ccc(S)cc2)cc1. The molecule has 0 spiro atoms. The minimum atomic E-state index is 0.0587. The van der Waals surface area contributed by atoms with Crippen LogP contribution >= 0.6 is 12.6 Å². The lowest BCUT2D eigenvalue weighted by Crippen LogP contribution is -1.81. The highest BCUT2D eigenvalue weighted by Crippen LogP contribution is 2.21. The number of carbonyl (C=O) groups excluding carboxylic acids is 1. The Hall–Kier alpha value is -1.80. The lowest BCUT2D eigenvalue weighted by atomic mass is 10.0. The molecule has 0 fully saturated rings. The normalized spacial score (nSPS) is 10.8. The lowest BCUT2D eigenvalue weighted by molar-refractivity contribution is -0.112. The van der Waals surface area contributed by atoms with E-state index >= 15 is 0 Å². The van der Waals surface area contributed by atoms with Crippen LogP contribution < -0.4 is 0 Å². The summed E-state index contributed by atoms with van der Waals surface area (Å²) < 4.78 is 0. The topological polar surface area (TPSA) is 17.1 Å². The zero-order chi connectivity index (χ0) is 13.0. The number of allylic oxidation sites excluding steroid dienone is 1. The van der Waals surface area contributed by atoms with Gasteiger partial charge in [-0.2, -0.15) is 0 Å². The smallest absolute Gasteiger partial charge is 0.152 e. The third-order valence-electron chi connectivity index (χ3n) is 2.62. The molecule has 2 rings (SSSR count). The number of carbonyl (C=O) groups is 1. The van der Waals surface area contributed by atoms with Crippen LogP contribution in [0.4, 0.5) is 0 Å². The third kappa shape index (κ3) is 3.34. The molecule has 0 aliphatic carbocycles. The van der Waals surface area contributed by atoms with Gasteiger partial charge in [0.05, 0.1) is 0 Å². The number of benzene rings is 2. The van der Waals surface area contributed by atoms with Crippen LogP contribution in [0.15, 0.2) is 59.5 Å². The Morgan fingerprint density at radius 1 is 0.944 bits per heavy atom. The molecule has 1 nitrogen and oxygen atoms in total. The third-order valence-corrected chi connectivity index (χ3v) is 2.92. The maximum absolute atomic E-state index is 10.8. The van der Waals surface area contributed by atoms with Crippen molar-refractivity contribution in [3.8, 4) is 11.1 Å². The average molecular weight is 254 g/mol. The molecule has 0 bridgehead atoms. The fourth-order valence-electron chi connectivity index (χ4n) is 1.65. The molecule has 0 aliphatic rings. The zero-order valence-corrected chi connectivity index (χ0v) is 11.0. The summed E-state index contributed by atoms with van der Waals surface area (Å²) in [6.07, 6.45) is 3.40. The van der Waals surface area contributed by atoms with E-state index in [4.69, 9.17) is 0 Å². The van der Waals surface area contributed by atoms with Gasteiger partial charge in [0, 0.05) is 4.90 Å². The van der Waals surface area contributed by atoms with Gasteiger partial charge in [-0.15, -0.1) is 12.6 Å². The number of rotatable bonds is 3. The van der Waals surface area contributed by atoms with Crippen LogP contribution in [0.5, 0.6) is 0 Å². The van der Waals surface area contributed by atoms with Crippen LogP contribution in [0.1, 0.15) is 12.5 Å². The molecule has 2 heteroatoms. The van der Waals surface area contributed by atoms with Gasteiger partial charge in [-0.1, -0.05) is 42.5 Å². The van der Waals surface area contributed by atoms with Gasteiger partial charge in [-0.3, -0.25) is 4.79 Å². The summed E-state index contributed by atoms with van der Waals surface area (Å²) in [5, 5.41) is 0. The first-order valence-corrected chi connectivity index (χ1v) is 6.18. The summed E-state index contributed by atoms with van der Waals surface area (Å²) in [5.74, 6) is 0.0587. The summed E-state index contributed by atoms with van der Waals surface area (Å²) in [6, 6.07) is 16.1. The predicted octanol–water partition coefficient (Wildman–Crippen LogP) is 4.24. The molecule has 0 N–H and O–H groups in total. The predicted molar refractivity (Wildman–Crippen MR) is 78.8 cm³/mol. The first-order chi connectivity index (χ1) is 8.65. The number of ketones is 1. The fraction of sp³-hybridized carbons (Fsp3) is 0.0625. The van der Waals surface area contributed by atoms with Gasteiger partial charge in [-0.25, -0.2) is 0 Å². The summed E-state index contributed by atoms with van der Waals surface area (Å²) >= 11 is 4.27. The van der Waals surface area contributed by atoms with E-state index in [9.17, 15) is 4.79 Å². The first-order valence-electron chi connectivity index (χ1n) is 5.73. The van der Waals surface area contributed by atoms with E-state index in [1.54, 1.807) is 13.0 Å². The van der Waals surface area contributed by atoms with Crippen molar-refractivity contribution in [1.82, 2.24) is 0 Å². The Balaban J connectivity index is 2.22. The summed E-state index contributed by atoms with van der Waals surface area (Å²) in [5.41, 5.74) is 3.35. The highest BCUT2D eigenvalue weighted by Gasteiger charge is 1.97. The van der Waals surface area contributed by atoms with E-state index in [1.807, 2.05) is 54.6 Å². The van der Waals surface area contributed by atoms with Gasteiger partial charge in [-0.05, 0) is 41.8 Å². The second-order valence-electron chi connectivity index (χ2n) is 4.11. The van der Waals surface area contributed by atoms with Crippen LogP contribution in [-0.4, -0.2) is 5.78 Å². The molecule has 2 aromatic rings. The molecule has 0 unspecified atom stereocenters. The summed E-state index contributed by atoms with van der Waals surface area (Å²) in [4.78, 5) is 11.8. The zero-order valence-electron chi connectivity index (χ0n) is 10.1. The highest BCUT2D eigenvalue weighted by molar-refractivity contribution is 7.80. The molecule has 18 heavy (non-hydrogen) atoms. The second kappa shape index (κ2) is 5.69. The van der Waals surface area contributed by atoms with Crippen molar-refractivity contribution in [3.63, 3.8) is 0 Å². The fourth-order valence-corrected chi connectivity index (χ4v) is 1.80. The standard InChI is InChI=1S/C16H14OS/c1-12(17)2-3-13-4-6-14(7-5-13)15-8-10-16(18)11-9-15/h2-11,18H,1H3/b3-2+. The van der Waals surface area contributed by atoms with E-state index in [2.05, 4.69) is 12.6 Å². The second-order valence-corrected chi connectivity index (χ2v) is 4.63. The Bertz CT molecular complexity index is 565. The van der Waals surface area contributed by atoms with Gasteiger partial charge >= 0.3 is 0 Å². The molecule has 90 valence electrons. The van der Waals surface area contributed by atoms with Crippen molar-refractivity contribution in [3.05, 3.63) is 60.2 Å². The van der Waals surface area contributed by atoms with Crippen molar-refractivity contribution in [2.75, 3.05) is 0 Å². The lowest BCUT2D eigenvalue weighted by Gasteiger charge is -2.02. The van der Waals surface area contributed by atoms with Crippen LogP contribution in [-0.2, 0) is 4.79 Å². The van der Waals surface area contributed by atoms with Crippen molar-refractivity contribution < 1.29 is 4.79 Å². The van der Waals surface area contributed by atoms with E-state index in [0.717, 1.165) is 21.6 Å². The van der Waals surface area contributed by atoms with Crippen molar-refractivity contribution >= 4 is 24.5 Å². The van der Waals surface area contributed by atoms with Crippen molar-refractivity contribution in [2.24, 2.45) is 0 Å². The Morgan fingerprint density at radius 3 is 1.94 bits per heavy atom. The van der Waals surface area contributed by atoms with E-state index < -0.39 is 0 Å². The van der Waals surface area contributed by atoms with Gasteiger partial charge in [0.25, 0.3) is 0 Å². The van der Waals surface area contributed by atoms with Crippen LogP contribution in [0.3, 0.4) is 0 Å². The Labute approximate surface area is 113 Å². The van der Waals surface area contributed by atoms with Crippen LogP contribution in [0.2, 0.25) is 0 Å². The largest absolute Gasteiger partial charge is 0.295 e. The molecule has 0 saturated heterocycles. The van der Waals surface area contributed by atoms with Gasteiger partial charge in [0.1, 0.15) is 0 Å². The van der Waals surface area contributed by atoms with Crippen molar-refractivity contribution in [1.29, 1.82) is 0 Å². The maximum atomic E-state index is 10.8. The van der Waals surface area contributed by atoms with E-state index in [0.29, 0.717) is 0 Å². The quantitative estimate of drug-likeness (QED) is 0.640. The Kier molecular flexibility index (Phi) is 4.00.